The molecule has 1 amide bonds. The smallest absolute Gasteiger partial charge is 0.341 e. The number of hydrogen-bond donors (Lipinski definition) is 2. The molecule has 1 aliphatic rings. The molecule has 0 fully saturated rings. The van der Waals surface area contributed by atoms with Crippen LogP contribution in [0.15, 0.2) is 17.7 Å². The highest BCUT2D eigenvalue weighted by atomic mass is 127. The van der Waals surface area contributed by atoms with E-state index >= 15 is 0 Å². The molecule has 1 aromatic heterocycles. The summed E-state index contributed by atoms with van der Waals surface area (Å²) in [4.78, 5) is 26.4. The van der Waals surface area contributed by atoms with Crippen molar-refractivity contribution in [1.82, 2.24) is 0 Å². The molecular formula is C21H18ClIN2O4S. The lowest BCUT2D eigenvalue weighted by atomic mass is 9.95. The number of esters is 1. The maximum atomic E-state index is 12.8. The van der Waals surface area contributed by atoms with Crippen LogP contribution in [-0.2, 0) is 22.4 Å². The number of ether oxygens (including phenoxy) is 1. The topological polar surface area (TPSA) is 99.4 Å². The van der Waals surface area contributed by atoms with Crippen LogP contribution >= 0.6 is 45.5 Å². The number of nitrogens with zero attached hydrogens (tertiary/aromatic N) is 1. The average molecular weight is 557 g/mol. The zero-order chi connectivity index (χ0) is 21.8. The fourth-order valence-electron chi connectivity index (χ4n) is 3.24. The molecule has 0 spiro atoms. The van der Waals surface area contributed by atoms with Gasteiger partial charge < -0.3 is 15.2 Å². The third kappa shape index (κ3) is 4.79. The molecule has 6 nitrogen and oxygen atoms in total. The first-order valence-corrected chi connectivity index (χ1v) is 11.6. The molecule has 0 radical (unpaired) electrons. The van der Waals surface area contributed by atoms with Gasteiger partial charge in [0.15, 0.2) is 0 Å². The quantitative estimate of drug-likeness (QED) is 0.225. The second-order valence-corrected chi connectivity index (χ2v) is 9.29. The fourth-order valence-corrected chi connectivity index (χ4v) is 5.57. The first kappa shape index (κ1) is 22.6. The number of rotatable bonds is 5. The zero-order valence-corrected chi connectivity index (χ0v) is 19.8. The number of carbonyl (C=O) groups excluding carboxylic acids is 2. The maximum absolute atomic E-state index is 12.8. The summed E-state index contributed by atoms with van der Waals surface area (Å²) < 4.78 is 5.69. The van der Waals surface area contributed by atoms with Crippen LogP contribution in [0.1, 0.15) is 46.1 Å². The summed E-state index contributed by atoms with van der Waals surface area (Å²) in [5.74, 6) is -1.22. The van der Waals surface area contributed by atoms with E-state index < -0.39 is 11.9 Å². The summed E-state index contributed by atoms with van der Waals surface area (Å²) in [6, 6.07) is 4.90. The van der Waals surface area contributed by atoms with Gasteiger partial charge in [-0.1, -0.05) is 11.6 Å². The largest absolute Gasteiger partial charge is 0.506 e. The minimum atomic E-state index is -0.670. The van der Waals surface area contributed by atoms with E-state index in [-0.39, 0.29) is 23.5 Å². The zero-order valence-electron chi connectivity index (χ0n) is 16.1. The van der Waals surface area contributed by atoms with Crippen molar-refractivity contribution < 1.29 is 19.4 Å². The predicted molar refractivity (Wildman–Crippen MR) is 125 cm³/mol. The Kier molecular flexibility index (Phi) is 7.39. The summed E-state index contributed by atoms with van der Waals surface area (Å²) in [5, 5.41) is 23.2. The number of nitriles is 1. The van der Waals surface area contributed by atoms with Gasteiger partial charge in [-0.2, -0.15) is 5.26 Å². The van der Waals surface area contributed by atoms with E-state index in [1.807, 2.05) is 28.7 Å². The van der Waals surface area contributed by atoms with Crippen molar-refractivity contribution in [1.29, 1.82) is 5.26 Å². The normalized spacial score (nSPS) is 13.3. The Morgan fingerprint density at radius 1 is 1.40 bits per heavy atom. The number of fused-ring (bicyclic) bond motifs is 1. The van der Waals surface area contributed by atoms with Crippen LogP contribution in [0.25, 0.3) is 6.08 Å². The highest BCUT2D eigenvalue weighted by Crippen LogP contribution is 2.39. The Morgan fingerprint density at radius 2 is 2.13 bits per heavy atom. The summed E-state index contributed by atoms with van der Waals surface area (Å²) in [5.41, 5.74) is 1.34. The van der Waals surface area contributed by atoms with Crippen LogP contribution in [0.5, 0.6) is 5.75 Å². The van der Waals surface area contributed by atoms with E-state index in [0.29, 0.717) is 19.2 Å². The van der Waals surface area contributed by atoms with E-state index in [0.717, 1.165) is 36.1 Å². The lowest BCUT2D eigenvalue weighted by molar-refractivity contribution is -0.112. The Bertz CT molecular complexity index is 1090. The molecule has 0 bridgehead atoms. The first-order chi connectivity index (χ1) is 14.3. The highest BCUT2D eigenvalue weighted by Gasteiger charge is 2.27. The SMILES string of the molecule is CCOC(=O)c1c(NC(=O)/C(C#N)=C/c2cc(Cl)cc(I)c2O)sc2c1CCCC2. The van der Waals surface area contributed by atoms with E-state index in [1.165, 1.54) is 23.5 Å². The highest BCUT2D eigenvalue weighted by molar-refractivity contribution is 14.1. The number of hydrogen-bond acceptors (Lipinski definition) is 6. The number of carbonyl (C=O) groups is 2. The van der Waals surface area contributed by atoms with Crippen LogP contribution in [-0.4, -0.2) is 23.6 Å². The third-order valence-corrected chi connectivity index (χ3v) is 6.85. The van der Waals surface area contributed by atoms with Gasteiger partial charge in [-0.3, -0.25) is 4.79 Å². The minimum absolute atomic E-state index is 0.0700. The van der Waals surface area contributed by atoms with Gasteiger partial charge in [-0.25, -0.2) is 4.79 Å². The van der Waals surface area contributed by atoms with Gasteiger partial charge in [0.25, 0.3) is 5.91 Å². The maximum Gasteiger partial charge on any atom is 0.341 e. The lowest BCUT2D eigenvalue weighted by Gasteiger charge is -2.12. The van der Waals surface area contributed by atoms with Crippen LogP contribution in [0.4, 0.5) is 5.00 Å². The fraction of sp³-hybridized carbons (Fsp3) is 0.286. The number of nitrogens with one attached hydrogen (secondary N) is 1. The van der Waals surface area contributed by atoms with Gasteiger partial charge in [-0.05, 0) is 79.0 Å². The predicted octanol–water partition coefficient (Wildman–Crippen LogP) is 5.31. The molecule has 2 aromatic rings. The van der Waals surface area contributed by atoms with Crippen molar-refractivity contribution >= 4 is 68.5 Å². The van der Waals surface area contributed by atoms with Crippen molar-refractivity contribution in [3.05, 3.63) is 47.9 Å². The molecule has 0 atom stereocenters. The van der Waals surface area contributed by atoms with Crippen molar-refractivity contribution in [2.24, 2.45) is 0 Å². The van der Waals surface area contributed by atoms with Gasteiger partial charge in [0.2, 0.25) is 0 Å². The Balaban J connectivity index is 1.96. The van der Waals surface area contributed by atoms with Crippen LogP contribution in [0.2, 0.25) is 5.02 Å². The van der Waals surface area contributed by atoms with E-state index in [1.54, 1.807) is 13.0 Å². The van der Waals surface area contributed by atoms with Gasteiger partial charge in [0.05, 0.1) is 15.7 Å². The Labute approximate surface area is 196 Å². The third-order valence-electron chi connectivity index (χ3n) is 4.60. The Hall–Kier alpha value is -2.09. The number of anilines is 1. The number of benzene rings is 1. The van der Waals surface area contributed by atoms with Crippen molar-refractivity contribution in [3.63, 3.8) is 0 Å². The van der Waals surface area contributed by atoms with E-state index in [2.05, 4.69) is 5.32 Å². The van der Waals surface area contributed by atoms with Crippen molar-refractivity contribution in [3.8, 4) is 11.8 Å². The lowest BCUT2D eigenvalue weighted by Crippen LogP contribution is -2.16. The van der Waals surface area contributed by atoms with E-state index in [4.69, 9.17) is 16.3 Å². The molecule has 30 heavy (non-hydrogen) atoms. The molecule has 9 heteroatoms. The first-order valence-electron chi connectivity index (χ1n) is 9.28. The number of thiophene rings is 1. The van der Waals surface area contributed by atoms with E-state index in [9.17, 15) is 20.0 Å². The number of amides is 1. The Morgan fingerprint density at radius 3 is 2.83 bits per heavy atom. The second kappa shape index (κ2) is 9.81. The van der Waals surface area contributed by atoms with Crippen molar-refractivity contribution in [2.45, 2.75) is 32.6 Å². The second-order valence-electron chi connectivity index (χ2n) is 6.58. The molecule has 0 saturated carbocycles. The average Bonchev–Trinajstić information content (AvgIpc) is 3.07. The summed E-state index contributed by atoms with van der Waals surface area (Å²) in [7, 11) is 0. The van der Waals surface area contributed by atoms with Gasteiger partial charge >= 0.3 is 5.97 Å². The number of halogens is 2. The molecule has 2 N–H and O–H groups in total. The summed E-state index contributed by atoms with van der Waals surface area (Å²) >= 11 is 9.28. The number of phenolic OH excluding ortho intramolecular Hbond substituents is 1. The monoisotopic (exact) mass is 556 g/mol. The minimum Gasteiger partial charge on any atom is -0.506 e. The van der Waals surface area contributed by atoms with Gasteiger partial charge in [-0.15, -0.1) is 11.3 Å². The number of aryl methyl sites for hydroxylation is 1. The molecule has 0 saturated heterocycles. The van der Waals surface area contributed by atoms with Gasteiger partial charge in [0, 0.05) is 15.5 Å². The molecule has 1 heterocycles. The van der Waals surface area contributed by atoms with Crippen LogP contribution in [0, 0.1) is 14.9 Å². The molecule has 0 aliphatic heterocycles. The summed E-state index contributed by atoms with van der Waals surface area (Å²) in [6.45, 7) is 1.96. The molecule has 0 unspecified atom stereocenters. The molecule has 3 rings (SSSR count). The van der Waals surface area contributed by atoms with Crippen LogP contribution < -0.4 is 5.32 Å². The van der Waals surface area contributed by atoms with Crippen LogP contribution in [0.3, 0.4) is 0 Å². The standard InChI is InChI=1S/C21H18ClIN2O4S/c1-2-29-21(28)17-14-5-3-4-6-16(14)30-20(17)25-19(27)12(10-24)7-11-8-13(22)9-15(23)18(11)26/h7-9,26H,2-6H2,1H3,(H,25,27)/b12-7+. The number of aromatic hydroxyl groups is 1. The summed E-state index contributed by atoms with van der Waals surface area (Å²) in [6.07, 6.45) is 4.87. The van der Waals surface area contributed by atoms with Gasteiger partial charge in [0.1, 0.15) is 22.4 Å². The molecular weight excluding hydrogens is 539 g/mol. The number of phenols is 1. The molecule has 1 aromatic carbocycles. The molecule has 156 valence electrons. The van der Waals surface area contributed by atoms with Crippen molar-refractivity contribution in [2.75, 3.05) is 11.9 Å². The molecule has 1 aliphatic carbocycles.